The highest BCUT2D eigenvalue weighted by Crippen LogP contribution is 2.30. The molecule has 4 nitrogen and oxygen atoms in total. The second-order valence-corrected chi connectivity index (χ2v) is 5.07. The quantitative estimate of drug-likeness (QED) is 0.638. The molecular weight excluding hydrogens is 216 g/mol. The van der Waals surface area contributed by atoms with E-state index < -0.39 is 0 Å². The van der Waals surface area contributed by atoms with Crippen LogP contribution >= 0.6 is 0 Å². The maximum atomic E-state index is 11.0. The molecule has 0 bridgehead atoms. The van der Waals surface area contributed by atoms with Crippen LogP contribution in [0.15, 0.2) is 12.1 Å². The summed E-state index contributed by atoms with van der Waals surface area (Å²) in [6.07, 6.45) is 0.900. The fourth-order valence-electron chi connectivity index (χ4n) is 1.51. The summed E-state index contributed by atoms with van der Waals surface area (Å²) in [7, 11) is 0. The summed E-state index contributed by atoms with van der Waals surface area (Å²) in [5, 5.41) is 14.3. The molecule has 0 heterocycles. The van der Waals surface area contributed by atoms with Crippen molar-refractivity contribution < 1.29 is 4.92 Å². The Hall–Kier alpha value is -1.58. The molecule has 1 aromatic rings. The zero-order valence-electron chi connectivity index (χ0n) is 11.1. The van der Waals surface area contributed by atoms with E-state index in [0.717, 1.165) is 17.5 Å². The Bertz CT molecular complexity index is 439. The lowest BCUT2D eigenvalue weighted by Crippen LogP contribution is -2.30. The maximum absolute atomic E-state index is 11.0. The van der Waals surface area contributed by atoms with Crippen LogP contribution in [-0.4, -0.2) is 10.5 Å². The summed E-state index contributed by atoms with van der Waals surface area (Å²) in [6.45, 7) is 9.97. The van der Waals surface area contributed by atoms with E-state index in [4.69, 9.17) is 0 Å². The van der Waals surface area contributed by atoms with Crippen molar-refractivity contribution >= 4 is 11.4 Å². The largest absolute Gasteiger partial charge is 0.375 e. The average molecular weight is 236 g/mol. The van der Waals surface area contributed by atoms with Gasteiger partial charge in [0.2, 0.25) is 0 Å². The van der Waals surface area contributed by atoms with Crippen molar-refractivity contribution in [3.63, 3.8) is 0 Å². The molecule has 17 heavy (non-hydrogen) atoms. The number of nitro benzene ring substituents is 1. The van der Waals surface area contributed by atoms with E-state index in [-0.39, 0.29) is 16.1 Å². The van der Waals surface area contributed by atoms with E-state index in [9.17, 15) is 10.1 Å². The van der Waals surface area contributed by atoms with Gasteiger partial charge in [-0.1, -0.05) is 6.92 Å². The molecule has 1 rings (SSSR count). The zero-order valence-corrected chi connectivity index (χ0v) is 11.1. The monoisotopic (exact) mass is 236 g/mol. The van der Waals surface area contributed by atoms with Gasteiger partial charge >= 0.3 is 0 Å². The molecule has 0 spiro atoms. The highest BCUT2D eigenvalue weighted by atomic mass is 16.6. The van der Waals surface area contributed by atoms with Crippen LogP contribution in [0, 0.1) is 24.0 Å². The number of aryl methyl sites for hydroxylation is 2. The SMILES string of the molecule is CCC(C)(C)Nc1cc(C)c(C)cc1[N+](=O)[O-]. The smallest absolute Gasteiger partial charge is 0.292 e. The predicted molar refractivity (Wildman–Crippen MR) is 70.6 cm³/mol. The van der Waals surface area contributed by atoms with Gasteiger partial charge in [0.05, 0.1) is 4.92 Å². The summed E-state index contributed by atoms with van der Waals surface area (Å²) in [4.78, 5) is 10.7. The first-order valence-electron chi connectivity index (χ1n) is 5.80. The van der Waals surface area contributed by atoms with Gasteiger partial charge < -0.3 is 5.32 Å². The van der Waals surface area contributed by atoms with Crippen molar-refractivity contribution in [2.75, 3.05) is 5.32 Å². The van der Waals surface area contributed by atoms with E-state index in [1.54, 1.807) is 6.07 Å². The summed E-state index contributed by atoms with van der Waals surface area (Å²) in [5.74, 6) is 0. The van der Waals surface area contributed by atoms with E-state index in [1.165, 1.54) is 0 Å². The Labute approximate surface area is 102 Å². The summed E-state index contributed by atoms with van der Waals surface area (Å²) >= 11 is 0. The molecule has 0 aliphatic carbocycles. The van der Waals surface area contributed by atoms with Gasteiger partial charge in [-0.05, 0) is 51.3 Å². The fourth-order valence-corrected chi connectivity index (χ4v) is 1.51. The molecule has 0 saturated carbocycles. The molecule has 94 valence electrons. The van der Waals surface area contributed by atoms with E-state index >= 15 is 0 Å². The number of rotatable bonds is 4. The number of benzene rings is 1. The van der Waals surface area contributed by atoms with Gasteiger partial charge in [-0.25, -0.2) is 0 Å². The van der Waals surface area contributed by atoms with E-state index in [1.807, 2.05) is 33.8 Å². The van der Waals surface area contributed by atoms with Gasteiger partial charge in [-0.15, -0.1) is 0 Å². The minimum atomic E-state index is -0.333. The molecular formula is C13H20N2O2. The lowest BCUT2D eigenvalue weighted by Gasteiger charge is -2.26. The van der Waals surface area contributed by atoms with Crippen molar-refractivity contribution in [1.82, 2.24) is 0 Å². The van der Waals surface area contributed by atoms with Crippen molar-refractivity contribution in [2.45, 2.75) is 46.6 Å². The molecule has 0 radical (unpaired) electrons. The molecule has 1 N–H and O–H groups in total. The normalized spacial score (nSPS) is 11.4. The second kappa shape index (κ2) is 4.73. The molecule has 0 atom stereocenters. The molecule has 0 aliphatic rings. The van der Waals surface area contributed by atoms with Gasteiger partial charge in [0, 0.05) is 11.6 Å². The molecule has 0 saturated heterocycles. The molecule has 0 fully saturated rings. The summed E-state index contributed by atoms with van der Waals surface area (Å²) in [6, 6.07) is 3.48. The van der Waals surface area contributed by atoms with Crippen LogP contribution in [-0.2, 0) is 0 Å². The first-order valence-corrected chi connectivity index (χ1v) is 5.80. The Balaban J connectivity index is 3.22. The summed E-state index contributed by atoms with van der Waals surface area (Å²) in [5.41, 5.74) is 2.60. The Kier molecular flexibility index (Phi) is 3.76. The molecule has 0 amide bonds. The third kappa shape index (κ3) is 3.19. The van der Waals surface area contributed by atoms with Crippen molar-refractivity contribution in [3.8, 4) is 0 Å². The molecule has 0 unspecified atom stereocenters. The topological polar surface area (TPSA) is 55.2 Å². The highest BCUT2D eigenvalue weighted by molar-refractivity contribution is 5.65. The van der Waals surface area contributed by atoms with Gasteiger partial charge in [-0.3, -0.25) is 10.1 Å². The lowest BCUT2D eigenvalue weighted by atomic mass is 10.00. The van der Waals surface area contributed by atoms with Crippen molar-refractivity contribution in [2.24, 2.45) is 0 Å². The Morgan fingerprint density at radius 1 is 1.29 bits per heavy atom. The fraction of sp³-hybridized carbons (Fsp3) is 0.538. The number of nitrogens with one attached hydrogen (secondary N) is 1. The number of nitro groups is 1. The summed E-state index contributed by atoms with van der Waals surface area (Å²) < 4.78 is 0. The first-order chi connectivity index (χ1) is 7.76. The van der Waals surface area contributed by atoms with E-state index in [0.29, 0.717) is 5.69 Å². The number of hydrogen-bond acceptors (Lipinski definition) is 3. The standard InChI is InChI=1S/C13H20N2O2/c1-6-13(4,5)14-11-7-9(2)10(3)8-12(11)15(16)17/h7-8,14H,6H2,1-5H3. The average Bonchev–Trinajstić information content (AvgIpc) is 2.22. The number of nitrogens with zero attached hydrogens (tertiary/aromatic N) is 1. The van der Waals surface area contributed by atoms with Crippen LogP contribution in [0.1, 0.15) is 38.3 Å². The van der Waals surface area contributed by atoms with Crippen LogP contribution < -0.4 is 5.32 Å². The molecule has 1 aromatic carbocycles. The molecule has 0 aliphatic heterocycles. The van der Waals surface area contributed by atoms with Crippen LogP contribution in [0.4, 0.5) is 11.4 Å². The van der Waals surface area contributed by atoms with E-state index in [2.05, 4.69) is 12.2 Å². The van der Waals surface area contributed by atoms with Gasteiger partial charge in [0.1, 0.15) is 5.69 Å². The van der Waals surface area contributed by atoms with Crippen LogP contribution in [0.5, 0.6) is 0 Å². The lowest BCUT2D eigenvalue weighted by molar-refractivity contribution is -0.384. The number of hydrogen-bond donors (Lipinski definition) is 1. The van der Waals surface area contributed by atoms with Gasteiger partial charge in [0.15, 0.2) is 0 Å². The molecule has 4 heteroatoms. The van der Waals surface area contributed by atoms with Crippen LogP contribution in [0.3, 0.4) is 0 Å². The third-order valence-electron chi connectivity index (χ3n) is 3.17. The van der Waals surface area contributed by atoms with Gasteiger partial charge in [0.25, 0.3) is 5.69 Å². The Morgan fingerprint density at radius 2 is 1.82 bits per heavy atom. The van der Waals surface area contributed by atoms with Crippen LogP contribution in [0.2, 0.25) is 0 Å². The predicted octanol–water partition coefficient (Wildman–Crippen LogP) is 3.81. The van der Waals surface area contributed by atoms with Gasteiger partial charge in [-0.2, -0.15) is 0 Å². The van der Waals surface area contributed by atoms with Crippen LogP contribution in [0.25, 0.3) is 0 Å². The van der Waals surface area contributed by atoms with Crippen molar-refractivity contribution in [3.05, 3.63) is 33.4 Å². The third-order valence-corrected chi connectivity index (χ3v) is 3.17. The Morgan fingerprint density at radius 3 is 2.29 bits per heavy atom. The molecule has 0 aromatic heterocycles. The maximum Gasteiger partial charge on any atom is 0.292 e. The number of anilines is 1. The zero-order chi connectivity index (χ0) is 13.2. The van der Waals surface area contributed by atoms with Crippen molar-refractivity contribution in [1.29, 1.82) is 0 Å². The minimum absolute atomic E-state index is 0.146. The highest BCUT2D eigenvalue weighted by Gasteiger charge is 2.21. The minimum Gasteiger partial charge on any atom is -0.375 e. The first kappa shape index (κ1) is 13.5. The second-order valence-electron chi connectivity index (χ2n) is 5.07.